The highest BCUT2D eigenvalue weighted by Gasteiger charge is 2.43. The van der Waals surface area contributed by atoms with Crippen LogP contribution in [0.1, 0.15) is 38.2 Å². The van der Waals surface area contributed by atoms with Gasteiger partial charge in [0.1, 0.15) is 5.15 Å². The fraction of sp³-hybridized carbons (Fsp3) is 0.625. The summed E-state index contributed by atoms with van der Waals surface area (Å²) in [6.07, 6.45) is 7.30. The second kappa shape index (κ2) is 7.81. The number of pyridine rings is 1. The van der Waals surface area contributed by atoms with Crippen LogP contribution in [0.3, 0.4) is 0 Å². The van der Waals surface area contributed by atoms with E-state index in [1.165, 1.54) is 25.7 Å². The lowest BCUT2D eigenvalue weighted by atomic mass is 9.68. The van der Waals surface area contributed by atoms with Gasteiger partial charge in [0.25, 0.3) is 0 Å². The van der Waals surface area contributed by atoms with E-state index >= 15 is 0 Å². The highest BCUT2D eigenvalue weighted by molar-refractivity contribution is 14.0. The van der Waals surface area contributed by atoms with Crippen molar-refractivity contribution in [1.82, 2.24) is 15.2 Å². The minimum absolute atomic E-state index is 0. The Morgan fingerprint density at radius 1 is 1.41 bits per heavy atom. The number of hydrogen-bond donors (Lipinski definition) is 1. The number of nitrogens with one attached hydrogen (secondary N) is 1. The van der Waals surface area contributed by atoms with E-state index < -0.39 is 0 Å². The molecular weight excluding hydrogens is 411 g/mol. The molecule has 1 aromatic rings. The van der Waals surface area contributed by atoms with Crippen molar-refractivity contribution < 1.29 is 0 Å². The lowest BCUT2D eigenvalue weighted by Gasteiger charge is -2.38. The minimum atomic E-state index is 0. The maximum Gasteiger partial charge on any atom is 0.194 e. The number of likely N-dealkylation sites (tertiary alicyclic amines) is 1. The predicted octanol–water partition coefficient (Wildman–Crippen LogP) is 3.69. The van der Waals surface area contributed by atoms with Gasteiger partial charge in [-0.05, 0) is 43.2 Å². The molecule has 2 fully saturated rings. The van der Waals surface area contributed by atoms with Crippen molar-refractivity contribution in [2.24, 2.45) is 10.4 Å². The summed E-state index contributed by atoms with van der Waals surface area (Å²) in [5.74, 6) is 1.04. The summed E-state index contributed by atoms with van der Waals surface area (Å²) in [4.78, 5) is 11.3. The van der Waals surface area contributed by atoms with E-state index in [1.807, 2.05) is 12.1 Å². The maximum absolute atomic E-state index is 5.81. The molecule has 2 aliphatic rings. The lowest BCUT2D eigenvalue weighted by molar-refractivity contribution is 0.151. The Balaban J connectivity index is 0.00000176. The van der Waals surface area contributed by atoms with Crippen molar-refractivity contribution in [3.05, 3.63) is 29.0 Å². The van der Waals surface area contributed by atoms with Crippen LogP contribution in [0.4, 0.5) is 0 Å². The zero-order valence-electron chi connectivity index (χ0n) is 13.0. The molecular formula is C16H24ClIN4. The summed E-state index contributed by atoms with van der Waals surface area (Å²) in [7, 11) is 0. The van der Waals surface area contributed by atoms with E-state index in [0.717, 1.165) is 31.2 Å². The van der Waals surface area contributed by atoms with Gasteiger partial charge in [0.05, 0.1) is 6.54 Å². The van der Waals surface area contributed by atoms with E-state index in [-0.39, 0.29) is 24.0 Å². The average molecular weight is 435 g/mol. The second-order valence-electron chi connectivity index (χ2n) is 6.18. The molecule has 0 atom stereocenters. The smallest absolute Gasteiger partial charge is 0.194 e. The molecule has 1 spiro atoms. The zero-order chi connectivity index (χ0) is 14.7. The van der Waals surface area contributed by atoms with Crippen molar-refractivity contribution in [3.8, 4) is 0 Å². The molecule has 0 amide bonds. The number of hydrogen-bond acceptors (Lipinski definition) is 2. The zero-order valence-corrected chi connectivity index (χ0v) is 16.1. The number of guanidine groups is 1. The number of aliphatic imine (C=N–C) groups is 1. The molecule has 22 heavy (non-hydrogen) atoms. The van der Waals surface area contributed by atoms with Crippen LogP contribution in [0.25, 0.3) is 0 Å². The summed E-state index contributed by atoms with van der Waals surface area (Å²) in [5, 5.41) is 3.95. The van der Waals surface area contributed by atoms with Crippen LogP contribution in [-0.4, -0.2) is 35.5 Å². The van der Waals surface area contributed by atoms with Crippen molar-refractivity contribution >= 4 is 41.5 Å². The Hall–Kier alpha value is -0.560. The summed E-state index contributed by atoms with van der Waals surface area (Å²) in [5.41, 5.74) is 1.69. The third-order valence-corrected chi connectivity index (χ3v) is 4.91. The Kier molecular flexibility index (Phi) is 6.32. The third-order valence-electron chi connectivity index (χ3n) is 4.69. The third kappa shape index (κ3) is 4.04. The fourth-order valence-corrected chi connectivity index (χ4v) is 3.40. The van der Waals surface area contributed by atoms with E-state index in [2.05, 4.69) is 22.1 Å². The van der Waals surface area contributed by atoms with Crippen LogP contribution < -0.4 is 5.32 Å². The fourth-order valence-electron chi connectivity index (χ4n) is 3.29. The summed E-state index contributed by atoms with van der Waals surface area (Å²) >= 11 is 5.81. The van der Waals surface area contributed by atoms with Crippen LogP contribution in [-0.2, 0) is 6.54 Å². The number of halogens is 2. The first kappa shape index (κ1) is 17.8. The van der Waals surface area contributed by atoms with Gasteiger partial charge >= 0.3 is 0 Å². The van der Waals surface area contributed by atoms with Gasteiger partial charge in [-0.25, -0.2) is 9.98 Å². The highest BCUT2D eigenvalue weighted by Crippen LogP contribution is 2.47. The lowest BCUT2D eigenvalue weighted by Crippen LogP contribution is -2.42. The van der Waals surface area contributed by atoms with Crippen LogP contribution in [0.15, 0.2) is 23.3 Å². The van der Waals surface area contributed by atoms with Gasteiger partial charge in [-0.15, -0.1) is 24.0 Å². The van der Waals surface area contributed by atoms with Crippen LogP contribution in [0, 0.1) is 5.41 Å². The molecule has 1 aliphatic carbocycles. The van der Waals surface area contributed by atoms with Gasteiger partial charge < -0.3 is 10.2 Å². The van der Waals surface area contributed by atoms with E-state index in [4.69, 9.17) is 16.6 Å². The Labute approximate surface area is 154 Å². The van der Waals surface area contributed by atoms with Crippen LogP contribution >= 0.6 is 35.6 Å². The predicted molar refractivity (Wildman–Crippen MR) is 102 cm³/mol. The van der Waals surface area contributed by atoms with Gasteiger partial charge in [-0.3, -0.25) is 0 Å². The van der Waals surface area contributed by atoms with Gasteiger partial charge in [0.2, 0.25) is 0 Å². The molecule has 1 saturated carbocycles. The highest BCUT2D eigenvalue weighted by atomic mass is 127. The van der Waals surface area contributed by atoms with Crippen molar-refractivity contribution in [2.45, 2.75) is 39.2 Å². The molecule has 0 unspecified atom stereocenters. The van der Waals surface area contributed by atoms with Crippen molar-refractivity contribution in [2.75, 3.05) is 19.6 Å². The van der Waals surface area contributed by atoms with Crippen molar-refractivity contribution in [1.29, 1.82) is 0 Å². The molecule has 2 heterocycles. The Morgan fingerprint density at radius 2 is 2.23 bits per heavy atom. The maximum atomic E-state index is 5.81. The van der Waals surface area contributed by atoms with E-state index in [9.17, 15) is 0 Å². The molecule has 122 valence electrons. The molecule has 6 heteroatoms. The van der Waals surface area contributed by atoms with Crippen LogP contribution in [0.2, 0.25) is 5.15 Å². The van der Waals surface area contributed by atoms with Gasteiger partial charge in [-0.2, -0.15) is 0 Å². The van der Waals surface area contributed by atoms with Crippen LogP contribution in [0.5, 0.6) is 0 Å². The Bertz CT molecular complexity index is 513. The monoisotopic (exact) mass is 434 g/mol. The molecule has 1 saturated heterocycles. The van der Waals surface area contributed by atoms with Gasteiger partial charge in [-0.1, -0.05) is 24.1 Å². The van der Waals surface area contributed by atoms with E-state index in [1.54, 1.807) is 6.20 Å². The second-order valence-corrected chi connectivity index (χ2v) is 6.57. The number of rotatable bonds is 3. The van der Waals surface area contributed by atoms with Gasteiger partial charge in [0, 0.05) is 25.8 Å². The van der Waals surface area contributed by atoms with Crippen molar-refractivity contribution in [3.63, 3.8) is 0 Å². The topological polar surface area (TPSA) is 40.5 Å². The molecule has 1 N–H and O–H groups in total. The molecule has 4 nitrogen and oxygen atoms in total. The Morgan fingerprint density at radius 3 is 2.77 bits per heavy atom. The normalized spacial score (nSPS) is 19.7. The molecule has 1 aliphatic heterocycles. The first-order valence-electron chi connectivity index (χ1n) is 7.84. The average Bonchev–Trinajstić information content (AvgIpc) is 2.91. The summed E-state index contributed by atoms with van der Waals surface area (Å²) in [6, 6.07) is 3.80. The SMILES string of the molecule is CCNC(=NCc1ccc(Cl)nc1)N1CCC2(CCC2)C1.I. The molecule has 0 radical (unpaired) electrons. The standard InChI is InChI=1S/C16H23ClN4.HI/c1-2-18-15(20-11-13-4-5-14(17)19-10-13)21-9-8-16(12-21)6-3-7-16;/h4-5,10H,2-3,6-9,11-12H2,1H3,(H,18,20);1H. The largest absolute Gasteiger partial charge is 0.357 e. The molecule has 3 rings (SSSR count). The summed E-state index contributed by atoms with van der Waals surface area (Å²) < 4.78 is 0. The molecule has 0 bridgehead atoms. The molecule has 0 aromatic carbocycles. The first-order valence-corrected chi connectivity index (χ1v) is 8.22. The summed E-state index contributed by atoms with van der Waals surface area (Å²) in [6.45, 7) is 5.97. The van der Waals surface area contributed by atoms with Gasteiger partial charge in [0.15, 0.2) is 5.96 Å². The number of aromatic nitrogens is 1. The quantitative estimate of drug-likeness (QED) is 0.341. The van der Waals surface area contributed by atoms with E-state index in [0.29, 0.717) is 17.1 Å². The number of nitrogens with zero attached hydrogens (tertiary/aromatic N) is 3. The first-order chi connectivity index (χ1) is 10.2. The molecule has 1 aromatic heterocycles. The minimum Gasteiger partial charge on any atom is -0.357 e.